The van der Waals surface area contributed by atoms with E-state index < -0.39 is 5.97 Å². The van der Waals surface area contributed by atoms with Crippen molar-refractivity contribution < 1.29 is 14.4 Å². The Kier molecular flexibility index (Phi) is 6.60. The van der Waals surface area contributed by atoms with Crippen LogP contribution < -0.4 is 0 Å². The maximum atomic E-state index is 10.9. The Morgan fingerprint density at radius 3 is 2.60 bits per heavy atom. The highest BCUT2D eigenvalue weighted by Gasteiger charge is 2.15. The summed E-state index contributed by atoms with van der Waals surface area (Å²) in [5.41, 5.74) is 0. The zero-order valence-corrected chi connectivity index (χ0v) is 12.7. The van der Waals surface area contributed by atoms with Crippen LogP contribution in [-0.4, -0.2) is 64.7 Å². The van der Waals surface area contributed by atoms with Crippen molar-refractivity contribution in [2.75, 3.05) is 33.7 Å². The van der Waals surface area contributed by atoms with Crippen LogP contribution in [0.3, 0.4) is 0 Å². The van der Waals surface area contributed by atoms with E-state index in [4.69, 9.17) is 9.63 Å². The summed E-state index contributed by atoms with van der Waals surface area (Å²) in [4.78, 5) is 19.0. The molecule has 1 rings (SSSR count). The molecular weight excluding hydrogens is 260 g/mol. The lowest BCUT2D eigenvalue weighted by atomic mass is 10.1. The van der Waals surface area contributed by atoms with Crippen LogP contribution in [0.15, 0.2) is 4.52 Å². The number of aliphatic carboxylic acids is 1. The molecule has 0 aliphatic heterocycles. The van der Waals surface area contributed by atoms with Crippen LogP contribution >= 0.6 is 0 Å². The van der Waals surface area contributed by atoms with Crippen molar-refractivity contribution in [1.29, 1.82) is 0 Å². The molecular formula is C13H24N4O3. The highest BCUT2D eigenvalue weighted by molar-refractivity contribution is 5.69. The van der Waals surface area contributed by atoms with E-state index >= 15 is 0 Å². The van der Waals surface area contributed by atoms with Gasteiger partial charge in [-0.25, -0.2) is 0 Å². The van der Waals surface area contributed by atoms with Crippen molar-refractivity contribution in [3.05, 3.63) is 11.7 Å². The van der Waals surface area contributed by atoms with Gasteiger partial charge in [-0.05, 0) is 20.0 Å². The molecule has 0 aliphatic carbocycles. The van der Waals surface area contributed by atoms with Crippen LogP contribution in [0.1, 0.15) is 25.6 Å². The SMILES string of the molecule is CC(C)Cc1noc(CN(CCN(C)C)CC(=O)O)n1. The second-order valence-corrected chi connectivity index (χ2v) is 5.61. The van der Waals surface area contributed by atoms with Gasteiger partial charge in [0.25, 0.3) is 0 Å². The number of carboxylic acid groups (broad SMARTS) is 1. The second kappa shape index (κ2) is 7.96. The number of rotatable bonds is 9. The van der Waals surface area contributed by atoms with Gasteiger partial charge in [0.1, 0.15) is 0 Å². The van der Waals surface area contributed by atoms with Gasteiger partial charge in [-0.15, -0.1) is 0 Å². The van der Waals surface area contributed by atoms with Crippen molar-refractivity contribution >= 4 is 5.97 Å². The van der Waals surface area contributed by atoms with Gasteiger partial charge in [-0.2, -0.15) is 4.98 Å². The molecule has 0 amide bonds. The summed E-state index contributed by atoms with van der Waals surface area (Å²) in [7, 11) is 3.90. The van der Waals surface area contributed by atoms with Gasteiger partial charge in [0.05, 0.1) is 13.1 Å². The molecule has 0 saturated carbocycles. The molecule has 1 aromatic rings. The molecule has 7 heteroatoms. The van der Waals surface area contributed by atoms with Crippen LogP contribution in [0.25, 0.3) is 0 Å². The van der Waals surface area contributed by atoms with Gasteiger partial charge in [-0.3, -0.25) is 9.69 Å². The number of hydrogen-bond acceptors (Lipinski definition) is 6. The molecule has 114 valence electrons. The van der Waals surface area contributed by atoms with Crippen LogP contribution in [-0.2, 0) is 17.8 Å². The van der Waals surface area contributed by atoms with E-state index in [2.05, 4.69) is 24.0 Å². The summed E-state index contributed by atoms with van der Waals surface area (Å²) in [5.74, 6) is 0.758. The Balaban J connectivity index is 2.58. The van der Waals surface area contributed by atoms with Gasteiger partial charge < -0.3 is 14.5 Å². The van der Waals surface area contributed by atoms with Gasteiger partial charge in [-0.1, -0.05) is 19.0 Å². The van der Waals surface area contributed by atoms with Crippen molar-refractivity contribution in [3.63, 3.8) is 0 Å². The normalized spacial score (nSPS) is 11.8. The van der Waals surface area contributed by atoms with Gasteiger partial charge in [0.2, 0.25) is 5.89 Å². The summed E-state index contributed by atoms with van der Waals surface area (Å²) in [6.07, 6.45) is 0.764. The van der Waals surface area contributed by atoms with Crippen molar-refractivity contribution in [2.24, 2.45) is 5.92 Å². The summed E-state index contributed by atoms with van der Waals surface area (Å²) in [5, 5.41) is 12.8. The lowest BCUT2D eigenvalue weighted by Gasteiger charge is -2.20. The molecule has 0 atom stereocenters. The molecule has 1 N–H and O–H groups in total. The number of aromatic nitrogens is 2. The maximum absolute atomic E-state index is 10.9. The van der Waals surface area contributed by atoms with E-state index in [1.165, 1.54) is 0 Å². The molecule has 0 aromatic carbocycles. The quantitative estimate of drug-likeness (QED) is 0.715. The fourth-order valence-corrected chi connectivity index (χ4v) is 1.74. The van der Waals surface area contributed by atoms with Gasteiger partial charge in [0.15, 0.2) is 5.82 Å². The largest absolute Gasteiger partial charge is 0.480 e. The summed E-state index contributed by atoms with van der Waals surface area (Å²) < 4.78 is 5.18. The average molecular weight is 284 g/mol. The average Bonchev–Trinajstić information content (AvgIpc) is 2.71. The molecule has 1 heterocycles. The molecule has 1 aromatic heterocycles. The summed E-state index contributed by atoms with van der Waals surface area (Å²) in [6, 6.07) is 0. The molecule has 0 spiro atoms. The Bertz CT molecular complexity index is 418. The van der Waals surface area contributed by atoms with Crippen molar-refractivity contribution in [2.45, 2.75) is 26.8 Å². The molecule has 0 radical (unpaired) electrons. The third-order valence-electron chi connectivity index (χ3n) is 2.68. The number of likely N-dealkylation sites (N-methyl/N-ethyl adjacent to an activating group) is 1. The third-order valence-corrected chi connectivity index (χ3v) is 2.68. The topological polar surface area (TPSA) is 82.7 Å². The fourth-order valence-electron chi connectivity index (χ4n) is 1.74. The second-order valence-electron chi connectivity index (χ2n) is 5.61. The third kappa shape index (κ3) is 6.63. The lowest BCUT2D eigenvalue weighted by molar-refractivity contribution is -0.138. The fraction of sp³-hybridized carbons (Fsp3) is 0.769. The van der Waals surface area contributed by atoms with Gasteiger partial charge in [0, 0.05) is 19.5 Å². The molecule has 0 aliphatic rings. The first kappa shape index (κ1) is 16.6. The highest BCUT2D eigenvalue weighted by atomic mass is 16.5. The smallest absolute Gasteiger partial charge is 0.317 e. The molecule has 20 heavy (non-hydrogen) atoms. The Hall–Kier alpha value is -1.47. The monoisotopic (exact) mass is 284 g/mol. The van der Waals surface area contributed by atoms with E-state index in [1.807, 2.05) is 19.0 Å². The minimum atomic E-state index is -0.856. The first-order valence-electron chi connectivity index (χ1n) is 6.77. The van der Waals surface area contributed by atoms with Crippen LogP contribution in [0, 0.1) is 5.92 Å². The summed E-state index contributed by atoms with van der Waals surface area (Å²) in [6.45, 7) is 5.93. The van der Waals surface area contributed by atoms with Crippen molar-refractivity contribution in [3.8, 4) is 0 Å². The minimum Gasteiger partial charge on any atom is -0.480 e. The number of carbonyl (C=O) groups is 1. The number of carboxylic acids is 1. The molecule has 0 saturated heterocycles. The Morgan fingerprint density at radius 1 is 1.35 bits per heavy atom. The first-order chi connectivity index (χ1) is 9.36. The molecule has 7 nitrogen and oxygen atoms in total. The number of nitrogens with zero attached hydrogens (tertiary/aromatic N) is 4. The van der Waals surface area contributed by atoms with Crippen LogP contribution in [0.4, 0.5) is 0 Å². The lowest BCUT2D eigenvalue weighted by Crippen LogP contribution is -2.35. The van der Waals surface area contributed by atoms with E-state index in [-0.39, 0.29) is 6.54 Å². The van der Waals surface area contributed by atoms with E-state index in [0.29, 0.717) is 30.7 Å². The maximum Gasteiger partial charge on any atom is 0.317 e. The highest BCUT2D eigenvalue weighted by Crippen LogP contribution is 2.07. The van der Waals surface area contributed by atoms with E-state index in [0.717, 1.165) is 13.0 Å². The Labute approximate surface area is 119 Å². The van der Waals surface area contributed by atoms with E-state index in [9.17, 15) is 4.79 Å². The van der Waals surface area contributed by atoms with Crippen LogP contribution in [0.5, 0.6) is 0 Å². The van der Waals surface area contributed by atoms with Gasteiger partial charge >= 0.3 is 5.97 Å². The standard InChI is InChI=1S/C13H24N4O3/c1-10(2)7-11-14-12(20-15-11)8-17(9-13(18)19)6-5-16(3)4/h10H,5-9H2,1-4H3,(H,18,19). The summed E-state index contributed by atoms with van der Waals surface area (Å²) >= 11 is 0. The zero-order chi connectivity index (χ0) is 15.1. The van der Waals surface area contributed by atoms with Crippen LogP contribution in [0.2, 0.25) is 0 Å². The number of hydrogen-bond donors (Lipinski definition) is 1. The first-order valence-corrected chi connectivity index (χ1v) is 6.77. The zero-order valence-electron chi connectivity index (χ0n) is 12.7. The molecule has 0 fully saturated rings. The predicted octanol–water partition coefficient (Wildman–Crippen LogP) is 0.716. The minimum absolute atomic E-state index is 0.0320. The molecule has 0 bridgehead atoms. The molecule has 0 unspecified atom stereocenters. The van der Waals surface area contributed by atoms with E-state index in [1.54, 1.807) is 4.90 Å². The van der Waals surface area contributed by atoms with Crippen molar-refractivity contribution in [1.82, 2.24) is 19.9 Å². The predicted molar refractivity (Wildman–Crippen MR) is 74.3 cm³/mol. The Morgan fingerprint density at radius 2 is 2.05 bits per heavy atom.